The monoisotopic (exact) mass is 443 g/mol. The molecule has 2 aromatic carbocycles. The van der Waals surface area contributed by atoms with Gasteiger partial charge in [-0.15, -0.1) is 0 Å². The molecule has 0 bridgehead atoms. The van der Waals surface area contributed by atoms with Crippen molar-refractivity contribution < 1.29 is 14.3 Å². The number of nitrogens with one attached hydrogen (secondary N) is 1. The molecule has 1 saturated heterocycles. The Bertz CT molecular complexity index is 1100. The summed E-state index contributed by atoms with van der Waals surface area (Å²) >= 11 is 0. The molecule has 0 saturated carbocycles. The molecule has 1 aliphatic heterocycles. The number of pyridine rings is 1. The van der Waals surface area contributed by atoms with Gasteiger partial charge in [0.15, 0.2) is 0 Å². The minimum atomic E-state index is -0.668. The van der Waals surface area contributed by atoms with Gasteiger partial charge in [-0.1, -0.05) is 42.5 Å². The summed E-state index contributed by atoms with van der Waals surface area (Å²) in [5.74, 6) is 0.670. The number of amides is 2. The van der Waals surface area contributed by atoms with Crippen molar-refractivity contribution in [2.45, 2.75) is 19.3 Å². The molecule has 1 N–H and O–H groups in total. The Morgan fingerprint density at radius 1 is 1.03 bits per heavy atom. The predicted octanol–water partition coefficient (Wildman–Crippen LogP) is 3.97. The van der Waals surface area contributed by atoms with Gasteiger partial charge in [0.1, 0.15) is 11.4 Å². The Kier molecular flexibility index (Phi) is 6.73. The van der Waals surface area contributed by atoms with E-state index in [4.69, 9.17) is 4.74 Å². The van der Waals surface area contributed by atoms with Gasteiger partial charge in [0.25, 0.3) is 5.91 Å². The van der Waals surface area contributed by atoms with E-state index in [2.05, 4.69) is 34.6 Å². The van der Waals surface area contributed by atoms with E-state index in [0.29, 0.717) is 25.2 Å². The molecule has 1 aliphatic rings. The smallest absolute Gasteiger partial charge is 0.272 e. The van der Waals surface area contributed by atoms with E-state index in [-0.39, 0.29) is 11.8 Å². The number of piperidine rings is 1. The van der Waals surface area contributed by atoms with Gasteiger partial charge in [-0.2, -0.15) is 0 Å². The SMILES string of the molecule is CNC(=O)C1(Cc2ccc(-c3ccc(OC)cc3)cc2)CCCN(C(=O)c2ccccn2)C1. The molecule has 1 fully saturated rings. The quantitative estimate of drug-likeness (QED) is 0.626. The van der Waals surface area contributed by atoms with Crippen LogP contribution in [0.1, 0.15) is 28.9 Å². The molecule has 6 heteroatoms. The van der Waals surface area contributed by atoms with Crippen molar-refractivity contribution in [3.63, 3.8) is 0 Å². The van der Waals surface area contributed by atoms with Crippen LogP contribution in [0.2, 0.25) is 0 Å². The highest BCUT2D eigenvalue weighted by Crippen LogP contribution is 2.35. The zero-order valence-electron chi connectivity index (χ0n) is 19.1. The van der Waals surface area contributed by atoms with Gasteiger partial charge >= 0.3 is 0 Å². The van der Waals surface area contributed by atoms with Crippen LogP contribution in [0.4, 0.5) is 0 Å². The second-order valence-corrected chi connectivity index (χ2v) is 8.51. The van der Waals surface area contributed by atoms with Crippen LogP contribution >= 0.6 is 0 Å². The van der Waals surface area contributed by atoms with Crippen LogP contribution in [0.25, 0.3) is 11.1 Å². The molecular weight excluding hydrogens is 414 g/mol. The minimum absolute atomic E-state index is 0.0275. The highest BCUT2D eigenvalue weighted by atomic mass is 16.5. The van der Waals surface area contributed by atoms with Gasteiger partial charge in [0.05, 0.1) is 12.5 Å². The number of methoxy groups -OCH3 is 1. The summed E-state index contributed by atoms with van der Waals surface area (Å²) in [6.07, 6.45) is 3.70. The van der Waals surface area contributed by atoms with Crippen LogP contribution in [-0.4, -0.2) is 48.9 Å². The molecule has 1 aromatic heterocycles. The Hall–Kier alpha value is -3.67. The lowest BCUT2D eigenvalue weighted by Gasteiger charge is -2.41. The predicted molar refractivity (Wildman–Crippen MR) is 128 cm³/mol. The first-order chi connectivity index (χ1) is 16.0. The summed E-state index contributed by atoms with van der Waals surface area (Å²) in [4.78, 5) is 32.1. The molecule has 6 nitrogen and oxygen atoms in total. The lowest BCUT2D eigenvalue weighted by molar-refractivity contribution is -0.133. The minimum Gasteiger partial charge on any atom is -0.497 e. The lowest BCUT2D eigenvalue weighted by Crippen LogP contribution is -2.54. The number of aromatic nitrogens is 1. The molecule has 0 aliphatic carbocycles. The Morgan fingerprint density at radius 3 is 2.33 bits per heavy atom. The summed E-state index contributed by atoms with van der Waals surface area (Å²) in [7, 11) is 3.32. The van der Waals surface area contributed by atoms with E-state index in [9.17, 15) is 9.59 Å². The number of carbonyl (C=O) groups excluding carboxylic acids is 2. The number of nitrogens with zero attached hydrogens (tertiary/aromatic N) is 2. The highest BCUT2D eigenvalue weighted by molar-refractivity contribution is 5.93. The molecule has 2 heterocycles. The summed E-state index contributed by atoms with van der Waals surface area (Å²) < 4.78 is 5.24. The first-order valence-electron chi connectivity index (χ1n) is 11.2. The van der Waals surface area contributed by atoms with Gasteiger partial charge in [0, 0.05) is 26.3 Å². The average Bonchev–Trinajstić information content (AvgIpc) is 2.89. The van der Waals surface area contributed by atoms with Gasteiger partial charge in [-0.3, -0.25) is 14.6 Å². The van der Waals surface area contributed by atoms with Crippen LogP contribution in [0.3, 0.4) is 0 Å². The van der Waals surface area contributed by atoms with Gasteiger partial charge < -0.3 is 15.0 Å². The molecule has 4 rings (SSSR count). The first-order valence-corrected chi connectivity index (χ1v) is 11.2. The maximum absolute atomic E-state index is 13.1. The average molecular weight is 444 g/mol. The lowest BCUT2D eigenvalue weighted by atomic mass is 9.74. The zero-order chi connectivity index (χ0) is 23.3. The molecule has 33 heavy (non-hydrogen) atoms. The summed E-state index contributed by atoms with van der Waals surface area (Å²) in [6, 6.07) is 21.6. The number of rotatable bonds is 6. The number of ether oxygens (including phenoxy) is 1. The Balaban J connectivity index is 1.54. The summed E-state index contributed by atoms with van der Waals surface area (Å²) in [6.45, 7) is 1.01. The van der Waals surface area contributed by atoms with Crippen LogP contribution in [0, 0.1) is 5.41 Å². The second-order valence-electron chi connectivity index (χ2n) is 8.51. The Labute approximate surface area is 194 Å². The maximum Gasteiger partial charge on any atom is 0.272 e. The molecular formula is C27H29N3O3. The van der Waals surface area contributed by atoms with Crippen LogP contribution in [0.5, 0.6) is 5.75 Å². The third-order valence-electron chi connectivity index (χ3n) is 6.38. The van der Waals surface area contributed by atoms with Crippen LogP contribution in [-0.2, 0) is 11.2 Å². The molecule has 1 atom stereocenters. The number of benzene rings is 2. The molecule has 170 valence electrons. The van der Waals surface area contributed by atoms with E-state index in [1.807, 2.05) is 24.3 Å². The number of hydrogen-bond acceptors (Lipinski definition) is 4. The van der Waals surface area contributed by atoms with Gasteiger partial charge in [0.2, 0.25) is 5.91 Å². The fourth-order valence-electron chi connectivity index (χ4n) is 4.62. The molecule has 1 unspecified atom stereocenters. The first kappa shape index (κ1) is 22.5. The second kappa shape index (κ2) is 9.86. The van der Waals surface area contributed by atoms with Crippen molar-refractivity contribution in [2.75, 3.05) is 27.2 Å². The fourth-order valence-corrected chi connectivity index (χ4v) is 4.62. The van der Waals surface area contributed by atoms with E-state index < -0.39 is 5.41 Å². The van der Waals surface area contributed by atoms with Crippen molar-refractivity contribution in [2.24, 2.45) is 5.41 Å². The summed E-state index contributed by atoms with van der Waals surface area (Å²) in [5.41, 5.74) is 3.02. The molecule has 3 aromatic rings. The van der Waals surface area contributed by atoms with E-state index in [0.717, 1.165) is 35.3 Å². The van der Waals surface area contributed by atoms with Crippen molar-refractivity contribution >= 4 is 11.8 Å². The van der Waals surface area contributed by atoms with Gasteiger partial charge in [-0.25, -0.2) is 0 Å². The molecule has 0 spiro atoms. The van der Waals surface area contributed by atoms with Crippen molar-refractivity contribution in [3.05, 3.63) is 84.2 Å². The summed E-state index contributed by atoms with van der Waals surface area (Å²) in [5, 5.41) is 2.84. The molecule has 0 radical (unpaired) electrons. The third-order valence-corrected chi connectivity index (χ3v) is 6.38. The van der Waals surface area contributed by atoms with E-state index in [1.165, 1.54) is 0 Å². The fraction of sp³-hybridized carbons (Fsp3) is 0.296. The number of likely N-dealkylation sites (tertiary alicyclic amines) is 1. The standard InChI is InChI=1S/C27H29N3O3/c1-28-26(32)27(15-5-17-30(19-27)25(31)24-6-3-4-16-29-24)18-20-7-9-21(10-8-20)22-11-13-23(33-2)14-12-22/h3-4,6-14,16H,5,15,17-19H2,1-2H3,(H,28,32). The largest absolute Gasteiger partial charge is 0.497 e. The zero-order valence-corrected chi connectivity index (χ0v) is 19.1. The van der Waals surface area contributed by atoms with Crippen molar-refractivity contribution in [1.29, 1.82) is 0 Å². The highest BCUT2D eigenvalue weighted by Gasteiger charge is 2.43. The maximum atomic E-state index is 13.1. The van der Waals surface area contributed by atoms with E-state index >= 15 is 0 Å². The normalized spacial score (nSPS) is 17.9. The van der Waals surface area contributed by atoms with Crippen molar-refractivity contribution in [1.82, 2.24) is 15.2 Å². The van der Waals surface area contributed by atoms with Crippen LogP contribution < -0.4 is 10.1 Å². The molecule has 2 amide bonds. The Morgan fingerprint density at radius 2 is 1.73 bits per heavy atom. The topological polar surface area (TPSA) is 71.5 Å². The third kappa shape index (κ3) is 4.90. The van der Waals surface area contributed by atoms with Gasteiger partial charge in [-0.05, 0) is 60.2 Å². The van der Waals surface area contributed by atoms with Crippen molar-refractivity contribution in [3.8, 4) is 16.9 Å². The van der Waals surface area contributed by atoms with E-state index in [1.54, 1.807) is 43.5 Å². The number of hydrogen-bond donors (Lipinski definition) is 1. The number of carbonyl (C=O) groups is 2. The van der Waals surface area contributed by atoms with Crippen LogP contribution in [0.15, 0.2) is 72.9 Å².